The number of aryl methyl sites for hydroxylation is 1. The molecular weight excluding hydrogens is 246 g/mol. The Kier molecular flexibility index (Phi) is 3.38. The lowest BCUT2D eigenvalue weighted by Crippen LogP contribution is -2.05. The van der Waals surface area contributed by atoms with Gasteiger partial charge in [-0.25, -0.2) is 9.97 Å². The number of hydrogen-bond acceptors (Lipinski definition) is 7. The second-order valence-corrected chi connectivity index (χ2v) is 3.49. The minimum Gasteiger partial charge on any atom is -0.490 e. The molecule has 0 radical (unpaired) electrons. The Hall–Kier alpha value is -1.89. The van der Waals surface area contributed by atoms with Crippen LogP contribution in [-0.2, 0) is 6.54 Å². The summed E-state index contributed by atoms with van der Waals surface area (Å²) in [5.41, 5.74) is 0. The summed E-state index contributed by atoms with van der Waals surface area (Å²) >= 11 is 5.85. The molecule has 0 spiro atoms. The molecule has 0 aliphatic carbocycles. The van der Waals surface area contributed by atoms with Gasteiger partial charge in [0.15, 0.2) is 22.5 Å². The fraction of sp³-hybridized carbons (Fsp3) is 0.333. The van der Waals surface area contributed by atoms with E-state index in [1.807, 2.05) is 0 Å². The van der Waals surface area contributed by atoms with Gasteiger partial charge in [-0.05, 0) is 0 Å². The summed E-state index contributed by atoms with van der Waals surface area (Å²) in [5, 5.41) is 6.98. The van der Waals surface area contributed by atoms with Crippen LogP contribution in [0.1, 0.15) is 11.7 Å². The number of aromatic nitrogens is 4. The zero-order valence-corrected chi connectivity index (χ0v) is 10.0. The Morgan fingerprint density at radius 1 is 1.47 bits per heavy atom. The molecule has 2 heterocycles. The van der Waals surface area contributed by atoms with Crippen LogP contribution in [0.4, 0.5) is 5.82 Å². The van der Waals surface area contributed by atoms with E-state index in [1.165, 1.54) is 13.4 Å². The van der Waals surface area contributed by atoms with Gasteiger partial charge in [-0.1, -0.05) is 16.8 Å². The zero-order valence-electron chi connectivity index (χ0n) is 9.27. The lowest BCUT2D eigenvalue weighted by Gasteiger charge is -2.08. The van der Waals surface area contributed by atoms with Crippen LogP contribution in [0.3, 0.4) is 0 Å². The summed E-state index contributed by atoms with van der Waals surface area (Å²) in [6.45, 7) is 2.08. The zero-order chi connectivity index (χ0) is 12.3. The molecule has 0 aromatic carbocycles. The molecule has 2 aromatic rings. The van der Waals surface area contributed by atoms with Gasteiger partial charge >= 0.3 is 0 Å². The number of nitrogens with one attached hydrogen (secondary N) is 1. The molecule has 0 aliphatic heterocycles. The number of halogens is 1. The number of nitrogens with zero attached hydrogens (tertiary/aromatic N) is 4. The quantitative estimate of drug-likeness (QED) is 0.827. The van der Waals surface area contributed by atoms with Crippen LogP contribution in [0, 0.1) is 6.92 Å². The molecule has 0 fully saturated rings. The van der Waals surface area contributed by atoms with Crippen LogP contribution < -0.4 is 10.1 Å². The van der Waals surface area contributed by atoms with E-state index in [9.17, 15) is 0 Å². The van der Waals surface area contributed by atoms with Crippen LogP contribution in [0.5, 0.6) is 5.75 Å². The van der Waals surface area contributed by atoms with Crippen molar-refractivity contribution in [2.75, 3.05) is 12.4 Å². The average molecular weight is 256 g/mol. The molecule has 0 aliphatic rings. The first-order valence-corrected chi connectivity index (χ1v) is 5.16. The molecule has 2 rings (SSSR count). The number of rotatable bonds is 4. The highest BCUT2D eigenvalue weighted by Gasteiger charge is 2.11. The van der Waals surface area contributed by atoms with E-state index in [-0.39, 0.29) is 5.15 Å². The van der Waals surface area contributed by atoms with Crippen LogP contribution >= 0.6 is 11.6 Å². The highest BCUT2D eigenvalue weighted by molar-refractivity contribution is 6.31. The van der Waals surface area contributed by atoms with Gasteiger partial charge in [0.1, 0.15) is 6.33 Å². The van der Waals surface area contributed by atoms with Crippen LogP contribution in [-0.4, -0.2) is 27.2 Å². The Labute approximate surface area is 102 Å². The molecule has 17 heavy (non-hydrogen) atoms. The van der Waals surface area contributed by atoms with E-state index in [0.29, 0.717) is 29.8 Å². The smallest absolute Gasteiger partial charge is 0.223 e. The lowest BCUT2D eigenvalue weighted by atomic mass is 10.5. The third kappa shape index (κ3) is 2.62. The van der Waals surface area contributed by atoms with Crippen molar-refractivity contribution in [2.45, 2.75) is 13.5 Å². The fourth-order valence-corrected chi connectivity index (χ4v) is 1.45. The van der Waals surface area contributed by atoms with Gasteiger partial charge in [-0.2, -0.15) is 4.98 Å². The number of methoxy groups -OCH3 is 1. The van der Waals surface area contributed by atoms with Gasteiger partial charge in [0, 0.05) is 6.92 Å². The highest BCUT2D eigenvalue weighted by Crippen LogP contribution is 2.28. The third-order valence-electron chi connectivity index (χ3n) is 1.95. The second kappa shape index (κ2) is 4.96. The van der Waals surface area contributed by atoms with Crippen molar-refractivity contribution >= 4 is 17.4 Å². The number of anilines is 1. The van der Waals surface area contributed by atoms with Gasteiger partial charge in [0.05, 0.1) is 13.7 Å². The van der Waals surface area contributed by atoms with Gasteiger partial charge in [0.2, 0.25) is 5.89 Å². The summed E-state index contributed by atoms with van der Waals surface area (Å²) in [5.74, 6) is 1.90. The second-order valence-electron chi connectivity index (χ2n) is 3.13. The standard InChI is InChI=1S/C9H10ClN5O2/c1-5-14-6(15-17-5)3-11-9-7(16-2)8(10)12-4-13-9/h4H,3H2,1-2H3,(H,11,12,13). The third-order valence-corrected chi connectivity index (χ3v) is 2.22. The molecule has 0 unspecified atom stereocenters. The molecule has 90 valence electrons. The van der Waals surface area contributed by atoms with Crippen molar-refractivity contribution in [2.24, 2.45) is 0 Å². The van der Waals surface area contributed by atoms with Crippen molar-refractivity contribution in [3.05, 3.63) is 23.2 Å². The number of ether oxygens (including phenoxy) is 1. The van der Waals surface area contributed by atoms with Gasteiger partial charge in [-0.15, -0.1) is 0 Å². The maximum absolute atomic E-state index is 5.85. The van der Waals surface area contributed by atoms with E-state index in [2.05, 4.69) is 25.4 Å². The first-order valence-electron chi connectivity index (χ1n) is 4.78. The topological polar surface area (TPSA) is 86.0 Å². The van der Waals surface area contributed by atoms with E-state index in [1.54, 1.807) is 6.92 Å². The van der Waals surface area contributed by atoms with Crippen molar-refractivity contribution in [1.82, 2.24) is 20.1 Å². The molecule has 2 aromatic heterocycles. The van der Waals surface area contributed by atoms with Crippen molar-refractivity contribution < 1.29 is 9.26 Å². The summed E-state index contributed by atoms with van der Waals surface area (Å²) < 4.78 is 9.93. The Bertz CT molecular complexity index is 516. The predicted octanol–water partition coefficient (Wildman–Crippen LogP) is 1.44. The minimum absolute atomic E-state index is 0.245. The molecule has 1 N–H and O–H groups in total. The molecule has 7 nitrogen and oxygen atoms in total. The van der Waals surface area contributed by atoms with E-state index in [0.717, 1.165) is 0 Å². The Balaban J connectivity index is 2.11. The van der Waals surface area contributed by atoms with E-state index in [4.69, 9.17) is 20.9 Å². The summed E-state index contributed by atoms with van der Waals surface area (Å²) in [6.07, 6.45) is 1.34. The van der Waals surface area contributed by atoms with Crippen LogP contribution in [0.15, 0.2) is 10.9 Å². The first-order chi connectivity index (χ1) is 8.20. The molecule has 0 amide bonds. The van der Waals surface area contributed by atoms with Crippen molar-refractivity contribution in [3.63, 3.8) is 0 Å². The molecular formula is C9H10ClN5O2. The van der Waals surface area contributed by atoms with E-state index >= 15 is 0 Å². The minimum atomic E-state index is 0.245. The predicted molar refractivity (Wildman–Crippen MR) is 60.0 cm³/mol. The highest BCUT2D eigenvalue weighted by atomic mass is 35.5. The summed E-state index contributed by atoms with van der Waals surface area (Å²) in [6, 6.07) is 0. The largest absolute Gasteiger partial charge is 0.490 e. The molecule has 0 atom stereocenters. The summed E-state index contributed by atoms with van der Waals surface area (Å²) in [7, 11) is 1.49. The monoisotopic (exact) mass is 255 g/mol. The fourth-order valence-electron chi connectivity index (χ4n) is 1.23. The van der Waals surface area contributed by atoms with Crippen molar-refractivity contribution in [1.29, 1.82) is 0 Å². The molecule has 0 saturated carbocycles. The molecule has 0 saturated heterocycles. The SMILES string of the molecule is COc1c(Cl)ncnc1NCc1noc(C)n1. The lowest BCUT2D eigenvalue weighted by molar-refractivity contribution is 0.388. The molecule has 8 heteroatoms. The van der Waals surface area contributed by atoms with Gasteiger partial charge < -0.3 is 14.6 Å². The van der Waals surface area contributed by atoms with Gasteiger partial charge in [0.25, 0.3) is 0 Å². The Morgan fingerprint density at radius 3 is 2.94 bits per heavy atom. The average Bonchev–Trinajstić information content (AvgIpc) is 2.72. The first kappa shape index (κ1) is 11.6. The van der Waals surface area contributed by atoms with Crippen LogP contribution in [0.2, 0.25) is 5.15 Å². The molecule has 0 bridgehead atoms. The van der Waals surface area contributed by atoms with Gasteiger partial charge in [-0.3, -0.25) is 0 Å². The number of hydrogen-bond donors (Lipinski definition) is 1. The summed E-state index contributed by atoms with van der Waals surface area (Å²) in [4.78, 5) is 11.9. The van der Waals surface area contributed by atoms with Crippen molar-refractivity contribution in [3.8, 4) is 5.75 Å². The normalized spacial score (nSPS) is 10.3. The van der Waals surface area contributed by atoms with Crippen LogP contribution in [0.25, 0.3) is 0 Å². The van der Waals surface area contributed by atoms with E-state index < -0.39 is 0 Å². The maximum Gasteiger partial charge on any atom is 0.223 e. The maximum atomic E-state index is 5.85. The Morgan fingerprint density at radius 2 is 2.29 bits per heavy atom.